The molecule has 0 aliphatic rings. The minimum Gasteiger partial charge on any atom is -0.338 e. The topological polar surface area (TPSA) is 68.8 Å². The van der Waals surface area contributed by atoms with E-state index < -0.39 is 30.0 Å². The van der Waals surface area contributed by atoms with Gasteiger partial charge in [0.2, 0.25) is 5.91 Å². The number of aryl methyl sites for hydroxylation is 2. The smallest absolute Gasteiger partial charge is 0.280 e. The highest BCUT2D eigenvalue weighted by Gasteiger charge is 2.24. The number of rotatable bonds is 7. The summed E-state index contributed by atoms with van der Waals surface area (Å²) in [5.74, 6) is -0.403. The Labute approximate surface area is 177 Å². The number of carbonyl (C=O) groups excluding carboxylic acids is 1. The van der Waals surface area contributed by atoms with Crippen molar-refractivity contribution in [1.82, 2.24) is 29.4 Å². The highest BCUT2D eigenvalue weighted by molar-refractivity contribution is 9.10. The number of hydrogen-bond acceptors (Lipinski definition) is 4. The largest absolute Gasteiger partial charge is 0.338 e. The molecule has 3 aromatic heterocycles. The van der Waals surface area contributed by atoms with Gasteiger partial charge in [-0.15, -0.1) is 0 Å². The quantitative estimate of drug-likeness (QED) is 0.464. The number of carbonyl (C=O) groups is 1. The third-order valence-electron chi connectivity index (χ3n) is 4.60. The van der Waals surface area contributed by atoms with Crippen molar-refractivity contribution >= 4 is 32.9 Å². The number of pyridine rings is 1. The van der Waals surface area contributed by atoms with Gasteiger partial charge < -0.3 is 4.90 Å². The molecule has 0 aliphatic heterocycles. The number of alkyl halides is 4. The average molecular weight is 491 g/mol. The molecule has 7 nitrogen and oxygen atoms in total. The van der Waals surface area contributed by atoms with E-state index in [1.165, 1.54) is 11.8 Å². The summed E-state index contributed by atoms with van der Waals surface area (Å²) in [5, 5.41) is 8.43. The molecule has 0 radical (unpaired) electrons. The van der Waals surface area contributed by atoms with Crippen LogP contribution in [-0.2, 0) is 24.4 Å². The summed E-state index contributed by atoms with van der Waals surface area (Å²) in [5.41, 5.74) is -0.692. The average Bonchev–Trinajstić information content (AvgIpc) is 3.20. The van der Waals surface area contributed by atoms with Gasteiger partial charge in [-0.3, -0.25) is 9.48 Å². The molecule has 3 heterocycles. The van der Waals surface area contributed by atoms with Gasteiger partial charge >= 0.3 is 0 Å². The molecule has 0 bridgehead atoms. The summed E-state index contributed by atoms with van der Waals surface area (Å²) in [7, 11) is 1.56. The zero-order chi connectivity index (χ0) is 22.2. The first-order valence-electron chi connectivity index (χ1n) is 9.02. The lowest BCUT2D eigenvalue weighted by Crippen LogP contribution is -2.30. The molecular weight excluding hydrogens is 472 g/mol. The molecule has 0 spiro atoms. The number of halogens is 5. The van der Waals surface area contributed by atoms with Crippen molar-refractivity contribution in [2.75, 3.05) is 7.05 Å². The number of aromatic nitrogens is 5. The Hall–Kier alpha value is -2.50. The van der Waals surface area contributed by atoms with E-state index in [-0.39, 0.29) is 29.8 Å². The third-order valence-corrected chi connectivity index (χ3v) is 5.26. The highest BCUT2D eigenvalue weighted by Crippen LogP contribution is 2.32. The summed E-state index contributed by atoms with van der Waals surface area (Å²) in [4.78, 5) is 17.9. The van der Waals surface area contributed by atoms with Crippen molar-refractivity contribution in [3.05, 3.63) is 39.4 Å². The number of hydrogen-bond donors (Lipinski definition) is 0. The van der Waals surface area contributed by atoms with Crippen molar-refractivity contribution in [2.45, 2.75) is 46.3 Å². The summed E-state index contributed by atoms with van der Waals surface area (Å²) in [6.45, 7) is 3.92. The molecule has 12 heteroatoms. The third kappa shape index (κ3) is 4.32. The van der Waals surface area contributed by atoms with Gasteiger partial charge in [0.1, 0.15) is 12.2 Å². The highest BCUT2D eigenvalue weighted by atomic mass is 79.9. The second-order valence-electron chi connectivity index (χ2n) is 6.71. The fourth-order valence-corrected chi connectivity index (χ4v) is 3.51. The standard InChI is InChI=1S/C18H19BrF4N6O/c1-4-28-6-11(19)13(26-28)7-27(3)14(30)8-29-18-15(9(2)25-29)10(16(20)21)5-12(24-18)17(22)23/h5-6,16-17H,4,7-8H2,1-3H3. The van der Waals surface area contributed by atoms with Gasteiger partial charge in [-0.1, -0.05) is 0 Å². The van der Waals surface area contributed by atoms with Gasteiger partial charge in [0, 0.05) is 25.4 Å². The van der Waals surface area contributed by atoms with Crippen molar-refractivity contribution in [2.24, 2.45) is 0 Å². The molecule has 1 amide bonds. The maximum Gasteiger partial charge on any atom is 0.280 e. The molecule has 0 N–H and O–H groups in total. The van der Waals surface area contributed by atoms with Gasteiger partial charge in [-0.2, -0.15) is 10.2 Å². The van der Waals surface area contributed by atoms with Gasteiger partial charge in [-0.25, -0.2) is 27.2 Å². The van der Waals surface area contributed by atoms with Gasteiger partial charge in [0.05, 0.1) is 27.8 Å². The van der Waals surface area contributed by atoms with Crippen molar-refractivity contribution < 1.29 is 22.4 Å². The summed E-state index contributed by atoms with van der Waals surface area (Å²) in [6.07, 6.45) is -4.21. The van der Waals surface area contributed by atoms with Crippen LogP contribution in [0.1, 0.15) is 42.4 Å². The molecule has 3 aromatic rings. The Morgan fingerprint density at radius 3 is 2.50 bits per heavy atom. The van der Waals surface area contributed by atoms with Crippen LogP contribution >= 0.6 is 15.9 Å². The second kappa shape index (κ2) is 8.70. The SMILES string of the molecule is CCn1cc(Br)c(CN(C)C(=O)Cn2nc(C)c3c(C(F)F)cc(C(F)F)nc32)n1. The number of amides is 1. The maximum absolute atomic E-state index is 13.4. The van der Waals surface area contributed by atoms with Crippen LogP contribution in [0, 0.1) is 6.92 Å². The Kier molecular flexibility index (Phi) is 6.44. The Morgan fingerprint density at radius 2 is 1.93 bits per heavy atom. The minimum atomic E-state index is -3.03. The first kappa shape index (κ1) is 22.2. The zero-order valence-corrected chi connectivity index (χ0v) is 18.0. The number of likely N-dealkylation sites (N-methyl/N-ethyl adjacent to an activating group) is 1. The minimum absolute atomic E-state index is 0.0192. The van der Waals surface area contributed by atoms with Crippen molar-refractivity contribution in [3.63, 3.8) is 0 Å². The molecule has 0 aliphatic carbocycles. The van der Waals surface area contributed by atoms with E-state index in [0.29, 0.717) is 18.3 Å². The van der Waals surface area contributed by atoms with Crippen LogP contribution in [0.25, 0.3) is 11.0 Å². The molecule has 0 saturated heterocycles. The summed E-state index contributed by atoms with van der Waals surface area (Å²) in [6, 6.07) is 0.687. The molecule has 162 valence electrons. The van der Waals surface area contributed by atoms with Crippen LogP contribution in [0.4, 0.5) is 17.6 Å². The molecule has 0 atom stereocenters. The van der Waals surface area contributed by atoms with Gasteiger partial charge in [0.15, 0.2) is 5.65 Å². The van der Waals surface area contributed by atoms with E-state index in [1.54, 1.807) is 17.9 Å². The fourth-order valence-electron chi connectivity index (χ4n) is 3.07. The molecule has 0 saturated carbocycles. The normalized spacial score (nSPS) is 11.8. The van der Waals surface area contributed by atoms with Gasteiger partial charge in [-0.05, 0) is 35.8 Å². The first-order chi connectivity index (χ1) is 14.1. The molecule has 0 unspecified atom stereocenters. The van der Waals surface area contributed by atoms with Crippen molar-refractivity contribution in [1.29, 1.82) is 0 Å². The van der Waals surface area contributed by atoms with E-state index >= 15 is 0 Å². The van der Waals surface area contributed by atoms with E-state index in [2.05, 4.69) is 31.1 Å². The predicted molar refractivity (Wildman–Crippen MR) is 104 cm³/mol. The summed E-state index contributed by atoms with van der Waals surface area (Å²) >= 11 is 3.39. The molecule has 3 rings (SSSR count). The lowest BCUT2D eigenvalue weighted by atomic mass is 10.1. The number of nitrogens with zero attached hydrogens (tertiary/aromatic N) is 6. The zero-order valence-electron chi connectivity index (χ0n) is 16.4. The van der Waals surface area contributed by atoms with E-state index in [0.717, 1.165) is 9.15 Å². The van der Waals surface area contributed by atoms with Crippen LogP contribution in [0.5, 0.6) is 0 Å². The van der Waals surface area contributed by atoms with Gasteiger partial charge in [0.25, 0.3) is 12.9 Å². The molecule has 30 heavy (non-hydrogen) atoms. The Balaban J connectivity index is 1.90. The van der Waals surface area contributed by atoms with E-state index in [1.807, 2.05) is 6.92 Å². The fraction of sp³-hybridized carbons (Fsp3) is 0.444. The lowest BCUT2D eigenvalue weighted by molar-refractivity contribution is -0.131. The predicted octanol–water partition coefficient (Wildman–Crippen LogP) is 4.25. The monoisotopic (exact) mass is 490 g/mol. The first-order valence-corrected chi connectivity index (χ1v) is 9.81. The summed E-state index contributed by atoms with van der Waals surface area (Å²) < 4.78 is 56.7. The van der Waals surface area contributed by atoms with Crippen LogP contribution in [-0.4, -0.2) is 42.4 Å². The Bertz CT molecular complexity index is 1080. The van der Waals surface area contributed by atoms with Crippen LogP contribution in [0.15, 0.2) is 16.7 Å². The molecular formula is C18H19BrF4N6O. The maximum atomic E-state index is 13.4. The van der Waals surface area contributed by atoms with E-state index in [9.17, 15) is 22.4 Å². The molecule has 0 aromatic carbocycles. The lowest BCUT2D eigenvalue weighted by Gasteiger charge is -2.16. The number of fused-ring (bicyclic) bond motifs is 1. The molecule has 0 fully saturated rings. The van der Waals surface area contributed by atoms with Crippen LogP contribution in [0.3, 0.4) is 0 Å². The Morgan fingerprint density at radius 1 is 1.23 bits per heavy atom. The van der Waals surface area contributed by atoms with Crippen LogP contribution in [0.2, 0.25) is 0 Å². The van der Waals surface area contributed by atoms with Crippen LogP contribution < -0.4 is 0 Å². The van der Waals surface area contributed by atoms with E-state index in [4.69, 9.17) is 0 Å². The van der Waals surface area contributed by atoms with Crippen molar-refractivity contribution in [3.8, 4) is 0 Å². The second-order valence-corrected chi connectivity index (χ2v) is 7.56.